The summed E-state index contributed by atoms with van der Waals surface area (Å²) < 4.78 is 5.32. The second-order valence-corrected chi connectivity index (χ2v) is 5.22. The monoisotopic (exact) mass is 288 g/mol. The smallest absolute Gasteiger partial charge is 0.270 e. The highest BCUT2D eigenvalue weighted by atomic mass is 16.6. The van der Waals surface area contributed by atoms with Gasteiger partial charge in [0.2, 0.25) is 11.7 Å². The summed E-state index contributed by atoms with van der Waals surface area (Å²) in [6, 6.07) is 4.74. The number of benzene rings is 1. The van der Waals surface area contributed by atoms with Crippen LogP contribution in [0.5, 0.6) is 0 Å². The fourth-order valence-electron chi connectivity index (χ4n) is 2.51. The third-order valence-electron chi connectivity index (χ3n) is 3.72. The Hall–Kier alpha value is -2.28. The number of hydrogen-bond acceptors (Lipinski definition) is 6. The topological polar surface area (TPSA) is 94.1 Å². The third kappa shape index (κ3) is 2.78. The number of nitro groups is 1. The molecule has 0 aliphatic carbocycles. The second kappa shape index (κ2) is 5.61. The van der Waals surface area contributed by atoms with Gasteiger partial charge in [-0.1, -0.05) is 17.6 Å². The number of rotatable bonds is 3. The molecule has 0 spiro atoms. The summed E-state index contributed by atoms with van der Waals surface area (Å²) in [4.78, 5) is 14.9. The van der Waals surface area contributed by atoms with Crippen LogP contribution in [0.25, 0.3) is 11.4 Å². The summed E-state index contributed by atoms with van der Waals surface area (Å²) in [5, 5.41) is 18.2. The van der Waals surface area contributed by atoms with Gasteiger partial charge in [-0.25, -0.2) is 0 Å². The molecule has 1 aliphatic heterocycles. The Kier molecular flexibility index (Phi) is 3.66. The average molecular weight is 288 g/mol. The number of nitrogens with zero attached hydrogens (tertiary/aromatic N) is 3. The van der Waals surface area contributed by atoms with Gasteiger partial charge in [-0.3, -0.25) is 10.1 Å². The maximum Gasteiger partial charge on any atom is 0.270 e. The summed E-state index contributed by atoms with van der Waals surface area (Å²) in [5.41, 5.74) is 1.54. The molecule has 1 aromatic heterocycles. The van der Waals surface area contributed by atoms with E-state index >= 15 is 0 Å². The van der Waals surface area contributed by atoms with Crippen molar-refractivity contribution < 1.29 is 9.45 Å². The molecule has 7 nitrogen and oxygen atoms in total. The summed E-state index contributed by atoms with van der Waals surface area (Å²) >= 11 is 0. The van der Waals surface area contributed by atoms with Gasteiger partial charge in [0, 0.05) is 17.7 Å². The summed E-state index contributed by atoms with van der Waals surface area (Å²) in [5.74, 6) is 0.953. The Bertz CT molecular complexity index is 662. The molecule has 1 atom stereocenters. The van der Waals surface area contributed by atoms with Crippen LogP contribution in [-0.4, -0.2) is 21.6 Å². The highest BCUT2D eigenvalue weighted by Gasteiger charge is 2.22. The van der Waals surface area contributed by atoms with E-state index in [0.29, 0.717) is 17.3 Å². The maximum absolute atomic E-state index is 10.9. The number of aromatic nitrogens is 2. The number of nitrogens with one attached hydrogen (secondary N) is 1. The van der Waals surface area contributed by atoms with Gasteiger partial charge in [-0.05, 0) is 31.9 Å². The molecule has 0 saturated carbocycles. The van der Waals surface area contributed by atoms with Crippen LogP contribution in [0.1, 0.15) is 36.8 Å². The Balaban J connectivity index is 1.92. The Morgan fingerprint density at radius 1 is 1.43 bits per heavy atom. The van der Waals surface area contributed by atoms with Crippen molar-refractivity contribution in [1.29, 1.82) is 0 Å². The van der Waals surface area contributed by atoms with Crippen LogP contribution in [-0.2, 0) is 0 Å². The van der Waals surface area contributed by atoms with Crippen molar-refractivity contribution in [1.82, 2.24) is 15.5 Å². The van der Waals surface area contributed by atoms with Crippen molar-refractivity contribution in [2.24, 2.45) is 0 Å². The van der Waals surface area contributed by atoms with E-state index < -0.39 is 4.92 Å². The van der Waals surface area contributed by atoms with Crippen molar-refractivity contribution in [2.75, 3.05) is 6.54 Å². The fraction of sp³-hybridized carbons (Fsp3) is 0.429. The first kappa shape index (κ1) is 13.7. The lowest BCUT2D eigenvalue weighted by Gasteiger charge is -2.19. The quantitative estimate of drug-likeness (QED) is 0.689. The highest BCUT2D eigenvalue weighted by molar-refractivity contribution is 5.63. The number of nitro benzene ring substituents is 1. The first-order chi connectivity index (χ1) is 10.1. The number of piperidine rings is 1. The van der Waals surface area contributed by atoms with Gasteiger partial charge < -0.3 is 9.84 Å². The molecule has 110 valence electrons. The highest BCUT2D eigenvalue weighted by Crippen LogP contribution is 2.28. The predicted molar refractivity (Wildman–Crippen MR) is 75.7 cm³/mol. The molecule has 2 aromatic rings. The van der Waals surface area contributed by atoms with E-state index in [-0.39, 0.29) is 11.7 Å². The van der Waals surface area contributed by atoms with Crippen LogP contribution in [0, 0.1) is 17.0 Å². The largest absolute Gasteiger partial charge is 0.337 e. The Morgan fingerprint density at radius 2 is 2.29 bits per heavy atom. The van der Waals surface area contributed by atoms with Crippen LogP contribution in [0.15, 0.2) is 22.7 Å². The van der Waals surface area contributed by atoms with Gasteiger partial charge in [0.15, 0.2) is 0 Å². The molecule has 0 bridgehead atoms. The molecule has 0 amide bonds. The summed E-state index contributed by atoms with van der Waals surface area (Å²) in [6.45, 7) is 2.81. The Morgan fingerprint density at radius 3 is 3.00 bits per heavy atom. The number of non-ortho nitro benzene ring substituents is 1. The second-order valence-electron chi connectivity index (χ2n) is 5.22. The van der Waals surface area contributed by atoms with Crippen LogP contribution < -0.4 is 5.32 Å². The zero-order valence-corrected chi connectivity index (χ0v) is 11.7. The maximum atomic E-state index is 10.9. The van der Waals surface area contributed by atoms with Gasteiger partial charge in [0.25, 0.3) is 5.69 Å². The SMILES string of the molecule is Cc1ccc([N+](=O)[O-])cc1-c1noc([C@@H]2CCCCN2)n1. The van der Waals surface area contributed by atoms with Crippen LogP contribution in [0.3, 0.4) is 0 Å². The van der Waals surface area contributed by atoms with E-state index in [0.717, 1.165) is 31.4 Å². The Labute approximate surface area is 121 Å². The predicted octanol–water partition coefficient (Wildman–Crippen LogP) is 2.77. The average Bonchev–Trinajstić information content (AvgIpc) is 2.98. The molecule has 1 N–H and O–H groups in total. The van der Waals surface area contributed by atoms with E-state index in [1.54, 1.807) is 6.07 Å². The first-order valence-electron chi connectivity index (χ1n) is 6.97. The minimum atomic E-state index is -0.424. The molecule has 1 aromatic carbocycles. The molecule has 1 aliphatic rings. The minimum absolute atomic E-state index is 0.0257. The van der Waals surface area contributed by atoms with Crippen molar-refractivity contribution in [3.8, 4) is 11.4 Å². The lowest BCUT2D eigenvalue weighted by atomic mass is 10.0. The van der Waals surface area contributed by atoms with Crippen LogP contribution >= 0.6 is 0 Å². The molecule has 3 rings (SSSR count). The molecular weight excluding hydrogens is 272 g/mol. The standard InChI is InChI=1S/C14H16N4O3/c1-9-5-6-10(18(19)20)8-11(9)13-16-14(21-17-13)12-4-2-3-7-15-12/h5-6,8,12,15H,2-4,7H2,1H3/t12-/m0/s1. The molecule has 2 heterocycles. The van der Waals surface area contributed by atoms with Crippen molar-refractivity contribution in [3.63, 3.8) is 0 Å². The van der Waals surface area contributed by atoms with E-state index in [1.807, 2.05) is 6.92 Å². The molecule has 0 unspecified atom stereocenters. The molecule has 7 heteroatoms. The van der Waals surface area contributed by atoms with Crippen LogP contribution in [0.2, 0.25) is 0 Å². The first-order valence-corrected chi connectivity index (χ1v) is 6.97. The fourth-order valence-corrected chi connectivity index (χ4v) is 2.51. The summed E-state index contributed by atoms with van der Waals surface area (Å²) in [6.07, 6.45) is 3.25. The number of aryl methyl sites for hydroxylation is 1. The van der Waals surface area contributed by atoms with Gasteiger partial charge in [-0.2, -0.15) is 4.98 Å². The van der Waals surface area contributed by atoms with Crippen LogP contribution in [0.4, 0.5) is 5.69 Å². The van der Waals surface area contributed by atoms with Gasteiger partial charge >= 0.3 is 0 Å². The molecule has 1 saturated heterocycles. The van der Waals surface area contributed by atoms with E-state index in [1.165, 1.54) is 12.1 Å². The van der Waals surface area contributed by atoms with E-state index in [2.05, 4.69) is 15.5 Å². The zero-order chi connectivity index (χ0) is 14.8. The molecular formula is C14H16N4O3. The van der Waals surface area contributed by atoms with E-state index in [4.69, 9.17) is 4.52 Å². The van der Waals surface area contributed by atoms with E-state index in [9.17, 15) is 10.1 Å². The third-order valence-corrected chi connectivity index (χ3v) is 3.72. The van der Waals surface area contributed by atoms with Crippen molar-refractivity contribution in [2.45, 2.75) is 32.2 Å². The molecule has 1 fully saturated rings. The van der Waals surface area contributed by atoms with Gasteiger partial charge in [-0.15, -0.1) is 0 Å². The normalized spacial score (nSPS) is 18.6. The van der Waals surface area contributed by atoms with Crippen molar-refractivity contribution in [3.05, 3.63) is 39.8 Å². The minimum Gasteiger partial charge on any atom is -0.337 e. The molecule has 0 radical (unpaired) electrons. The zero-order valence-electron chi connectivity index (χ0n) is 11.7. The number of hydrogen-bond donors (Lipinski definition) is 1. The van der Waals surface area contributed by atoms with Gasteiger partial charge in [0.1, 0.15) is 0 Å². The lowest BCUT2D eigenvalue weighted by Crippen LogP contribution is -2.26. The molecule has 21 heavy (non-hydrogen) atoms. The van der Waals surface area contributed by atoms with Crippen molar-refractivity contribution >= 4 is 5.69 Å². The van der Waals surface area contributed by atoms with Gasteiger partial charge in [0.05, 0.1) is 11.0 Å². The summed E-state index contributed by atoms with van der Waals surface area (Å²) in [7, 11) is 0. The lowest BCUT2D eigenvalue weighted by molar-refractivity contribution is -0.384.